The minimum atomic E-state index is 0.355. The molecule has 0 aliphatic rings. The van der Waals surface area contributed by atoms with Gasteiger partial charge in [-0.05, 0) is 51.5 Å². The molecule has 3 N–H and O–H groups in total. The van der Waals surface area contributed by atoms with Crippen LogP contribution in [-0.4, -0.2) is 40.5 Å². The Morgan fingerprint density at radius 1 is 1.45 bits per heavy atom. The molecule has 20 heavy (non-hydrogen) atoms. The van der Waals surface area contributed by atoms with Crippen molar-refractivity contribution < 1.29 is 0 Å². The van der Waals surface area contributed by atoms with E-state index < -0.39 is 0 Å². The number of rotatable bonds is 9. The van der Waals surface area contributed by atoms with E-state index in [4.69, 9.17) is 18.0 Å². The zero-order valence-corrected chi connectivity index (χ0v) is 13.5. The lowest BCUT2D eigenvalue weighted by Gasteiger charge is -2.20. The summed E-state index contributed by atoms with van der Waals surface area (Å²) in [6.07, 6.45) is 4.03. The van der Waals surface area contributed by atoms with Crippen molar-refractivity contribution in [3.8, 4) is 0 Å². The number of anilines is 1. The van der Waals surface area contributed by atoms with E-state index in [0.717, 1.165) is 37.4 Å². The van der Waals surface area contributed by atoms with Gasteiger partial charge in [-0.2, -0.15) is 0 Å². The van der Waals surface area contributed by atoms with Crippen LogP contribution in [0.25, 0.3) is 0 Å². The van der Waals surface area contributed by atoms with Crippen LogP contribution in [0.5, 0.6) is 0 Å². The van der Waals surface area contributed by atoms with Gasteiger partial charge >= 0.3 is 0 Å². The quantitative estimate of drug-likeness (QED) is 0.686. The van der Waals surface area contributed by atoms with Crippen LogP contribution in [0, 0.1) is 0 Å². The molecule has 0 saturated carbocycles. The Morgan fingerprint density at radius 2 is 2.15 bits per heavy atom. The summed E-state index contributed by atoms with van der Waals surface area (Å²) >= 11 is 5.05. The number of pyridine rings is 1. The summed E-state index contributed by atoms with van der Waals surface area (Å²) in [7, 11) is 0. The van der Waals surface area contributed by atoms with Gasteiger partial charge in [-0.3, -0.25) is 0 Å². The fourth-order valence-corrected chi connectivity index (χ4v) is 2.35. The highest BCUT2D eigenvalue weighted by Crippen LogP contribution is 2.14. The maximum Gasteiger partial charge on any atom is 0.136 e. The zero-order chi connectivity index (χ0) is 15.0. The summed E-state index contributed by atoms with van der Waals surface area (Å²) in [5.41, 5.74) is 6.53. The van der Waals surface area contributed by atoms with E-state index in [9.17, 15) is 0 Å². The molecule has 5 heteroatoms. The maximum absolute atomic E-state index is 5.71. The molecule has 0 bridgehead atoms. The van der Waals surface area contributed by atoms with E-state index >= 15 is 0 Å². The topological polar surface area (TPSA) is 54.2 Å². The minimum absolute atomic E-state index is 0.355. The molecule has 1 rings (SSSR count). The summed E-state index contributed by atoms with van der Waals surface area (Å²) in [6.45, 7) is 9.94. The fourth-order valence-electron chi connectivity index (χ4n) is 2.19. The number of hydrogen-bond acceptors (Lipinski definition) is 4. The van der Waals surface area contributed by atoms with Crippen LogP contribution in [0.15, 0.2) is 18.3 Å². The van der Waals surface area contributed by atoms with Crippen LogP contribution < -0.4 is 11.1 Å². The van der Waals surface area contributed by atoms with Crippen molar-refractivity contribution in [2.45, 2.75) is 39.7 Å². The highest BCUT2D eigenvalue weighted by molar-refractivity contribution is 7.80. The third-order valence-electron chi connectivity index (χ3n) is 3.46. The molecule has 0 aliphatic carbocycles. The predicted octanol–water partition coefficient (Wildman–Crippen LogP) is 2.64. The van der Waals surface area contributed by atoms with Crippen molar-refractivity contribution >= 4 is 23.0 Å². The van der Waals surface area contributed by atoms with Gasteiger partial charge in [-0.25, -0.2) is 4.98 Å². The number of nitrogens with zero attached hydrogens (tertiary/aromatic N) is 2. The van der Waals surface area contributed by atoms with E-state index in [1.807, 2.05) is 12.1 Å². The lowest BCUT2D eigenvalue weighted by Crippen LogP contribution is -2.26. The largest absolute Gasteiger partial charge is 0.389 e. The monoisotopic (exact) mass is 294 g/mol. The Labute approximate surface area is 127 Å². The summed E-state index contributed by atoms with van der Waals surface area (Å²) < 4.78 is 0. The summed E-state index contributed by atoms with van der Waals surface area (Å²) in [5, 5.41) is 3.40. The van der Waals surface area contributed by atoms with Crippen molar-refractivity contribution in [3.05, 3.63) is 23.9 Å². The van der Waals surface area contributed by atoms with E-state index in [2.05, 4.69) is 36.0 Å². The summed E-state index contributed by atoms with van der Waals surface area (Å²) in [5.74, 6) is 0.787. The van der Waals surface area contributed by atoms with Gasteiger partial charge < -0.3 is 16.0 Å². The van der Waals surface area contributed by atoms with Gasteiger partial charge in [0.1, 0.15) is 10.8 Å². The molecule has 1 atom stereocenters. The second kappa shape index (κ2) is 8.87. The second-order valence-electron chi connectivity index (χ2n) is 4.98. The summed E-state index contributed by atoms with van der Waals surface area (Å²) in [6, 6.07) is 4.11. The molecule has 1 aromatic rings. The molecule has 1 unspecified atom stereocenters. The van der Waals surface area contributed by atoms with Crippen molar-refractivity contribution in [1.29, 1.82) is 0 Å². The molecular weight excluding hydrogens is 268 g/mol. The lowest BCUT2D eigenvalue weighted by molar-refractivity contribution is 0.295. The molecule has 0 spiro atoms. The molecule has 4 nitrogen and oxygen atoms in total. The van der Waals surface area contributed by atoms with Gasteiger partial charge in [0.2, 0.25) is 0 Å². The molecular formula is C15H26N4S. The SMILES string of the molecule is CCN(CC)CCCC(C)Nc1ncccc1C(N)=S. The fraction of sp³-hybridized carbons (Fsp3) is 0.600. The Hall–Kier alpha value is -1.20. The first-order valence-corrected chi connectivity index (χ1v) is 7.73. The number of hydrogen-bond donors (Lipinski definition) is 2. The molecule has 0 aromatic carbocycles. The Bertz CT molecular complexity index is 418. The average Bonchev–Trinajstić information content (AvgIpc) is 2.44. The van der Waals surface area contributed by atoms with Crippen molar-refractivity contribution in [1.82, 2.24) is 9.88 Å². The first-order chi connectivity index (χ1) is 9.58. The van der Waals surface area contributed by atoms with Gasteiger partial charge in [0.25, 0.3) is 0 Å². The molecule has 0 amide bonds. The Morgan fingerprint density at radius 3 is 2.75 bits per heavy atom. The molecule has 0 aliphatic heterocycles. The van der Waals surface area contributed by atoms with Gasteiger partial charge in [0.05, 0.1) is 5.56 Å². The van der Waals surface area contributed by atoms with Gasteiger partial charge in [-0.15, -0.1) is 0 Å². The van der Waals surface area contributed by atoms with Crippen LogP contribution in [-0.2, 0) is 0 Å². The minimum Gasteiger partial charge on any atom is -0.389 e. The van der Waals surface area contributed by atoms with Crippen LogP contribution >= 0.6 is 12.2 Å². The van der Waals surface area contributed by atoms with Crippen LogP contribution in [0.3, 0.4) is 0 Å². The van der Waals surface area contributed by atoms with Crippen molar-refractivity contribution in [3.63, 3.8) is 0 Å². The van der Waals surface area contributed by atoms with Crippen LogP contribution in [0.1, 0.15) is 39.2 Å². The average molecular weight is 294 g/mol. The first kappa shape index (κ1) is 16.9. The normalized spacial score (nSPS) is 12.4. The Balaban J connectivity index is 2.46. The van der Waals surface area contributed by atoms with Gasteiger partial charge in [0, 0.05) is 12.2 Å². The Kier molecular flexibility index (Phi) is 7.47. The predicted molar refractivity (Wildman–Crippen MR) is 90.2 cm³/mol. The second-order valence-corrected chi connectivity index (χ2v) is 5.42. The van der Waals surface area contributed by atoms with E-state index in [1.165, 1.54) is 6.42 Å². The van der Waals surface area contributed by atoms with E-state index in [1.54, 1.807) is 6.20 Å². The van der Waals surface area contributed by atoms with Crippen LogP contribution in [0.4, 0.5) is 5.82 Å². The number of thiocarbonyl (C=S) groups is 1. The summed E-state index contributed by atoms with van der Waals surface area (Å²) in [4.78, 5) is 7.15. The highest BCUT2D eigenvalue weighted by Gasteiger charge is 2.09. The molecule has 0 saturated heterocycles. The van der Waals surface area contributed by atoms with Crippen LogP contribution in [0.2, 0.25) is 0 Å². The number of nitrogens with two attached hydrogens (primary N) is 1. The molecule has 1 aromatic heterocycles. The maximum atomic E-state index is 5.71. The number of aromatic nitrogens is 1. The molecule has 0 fully saturated rings. The highest BCUT2D eigenvalue weighted by atomic mass is 32.1. The van der Waals surface area contributed by atoms with Gasteiger partial charge in [-0.1, -0.05) is 26.1 Å². The zero-order valence-electron chi connectivity index (χ0n) is 12.7. The first-order valence-electron chi connectivity index (χ1n) is 7.32. The number of nitrogens with one attached hydrogen (secondary N) is 1. The van der Waals surface area contributed by atoms with Gasteiger partial charge in [0.15, 0.2) is 0 Å². The molecule has 112 valence electrons. The van der Waals surface area contributed by atoms with E-state index in [-0.39, 0.29) is 0 Å². The molecule has 1 heterocycles. The van der Waals surface area contributed by atoms with Crippen molar-refractivity contribution in [2.75, 3.05) is 25.0 Å². The van der Waals surface area contributed by atoms with Crippen molar-refractivity contribution in [2.24, 2.45) is 5.73 Å². The van der Waals surface area contributed by atoms with E-state index in [0.29, 0.717) is 11.0 Å². The smallest absolute Gasteiger partial charge is 0.136 e. The third kappa shape index (κ3) is 5.43. The third-order valence-corrected chi connectivity index (χ3v) is 3.68. The lowest BCUT2D eigenvalue weighted by atomic mass is 10.1. The molecule has 0 radical (unpaired) electrons. The standard InChI is InChI=1S/C15H26N4S/c1-4-19(5-2)11-7-8-12(3)18-15-13(14(16)20)9-6-10-17-15/h6,9-10,12H,4-5,7-8,11H2,1-3H3,(H2,16,20)(H,17,18).